The number of ether oxygens (including phenoxy) is 9. The molecule has 8 rings (SSSR count). The lowest BCUT2D eigenvalue weighted by atomic mass is 9.95. The molecule has 0 saturated carbocycles. The van der Waals surface area contributed by atoms with Crippen molar-refractivity contribution in [1.82, 2.24) is 5.32 Å². The Labute approximate surface area is 403 Å². The number of benzene rings is 6. The summed E-state index contributed by atoms with van der Waals surface area (Å²) in [6.45, 7) is 2.16. The lowest BCUT2D eigenvalue weighted by Gasteiger charge is -2.49. The van der Waals surface area contributed by atoms with Gasteiger partial charge in [0.05, 0.1) is 51.8 Å². The average Bonchev–Trinajstić information content (AvgIpc) is 3.39. The highest BCUT2D eigenvalue weighted by Gasteiger charge is 2.54. The summed E-state index contributed by atoms with van der Waals surface area (Å²) in [7, 11) is 0. The second-order valence-corrected chi connectivity index (χ2v) is 17.0. The van der Waals surface area contributed by atoms with Gasteiger partial charge < -0.3 is 53.1 Å². The molecule has 0 radical (unpaired) electrons. The first-order valence-corrected chi connectivity index (χ1v) is 23.3. The topological polar surface area (TPSA) is 149 Å². The lowest BCUT2D eigenvalue weighted by molar-refractivity contribution is -0.357. The molecule has 0 spiro atoms. The molecule has 69 heavy (non-hydrogen) atoms. The first-order valence-electron chi connectivity index (χ1n) is 23.3. The Morgan fingerprint density at radius 2 is 0.870 bits per heavy atom. The summed E-state index contributed by atoms with van der Waals surface area (Å²) in [5.74, 6) is -1.10. The fourth-order valence-corrected chi connectivity index (χ4v) is 8.33. The lowest BCUT2D eigenvalue weighted by Crippen LogP contribution is -2.68. The Balaban J connectivity index is 1.16. The molecule has 2 heterocycles. The van der Waals surface area contributed by atoms with Crippen LogP contribution < -0.4 is 5.32 Å². The molecule has 2 aliphatic heterocycles. The molecule has 2 saturated heterocycles. The monoisotopic (exact) mass is 937 g/mol. The van der Waals surface area contributed by atoms with Gasteiger partial charge in [0, 0.05) is 6.92 Å². The number of amides is 1. The predicted molar refractivity (Wildman–Crippen MR) is 255 cm³/mol. The van der Waals surface area contributed by atoms with Crippen LogP contribution in [-0.4, -0.2) is 91.5 Å². The molecule has 2 N–H and O–H groups in total. The highest BCUT2D eigenvalue weighted by Crippen LogP contribution is 2.35. The first-order chi connectivity index (χ1) is 33.9. The molecule has 360 valence electrons. The molecule has 6 aromatic rings. The largest absolute Gasteiger partial charge is 0.450 e. The van der Waals surface area contributed by atoms with Crippen LogP contribution in [0.15, 0.2) is 182 Å². The van der Waals surface area contributed by atoms with Crippen molar-refractivity contribution >= 4 is 11.9 Å². The fourth-order valence-electron chi connectivity index (χ4n) is 8.33. The van der Waals surface area contributed by atoms with Crippen LogP contribution in [0.25, 0.3) is 0 Å². The third-order valence-corrected chi connectivity index (χ3v) is 11.8. The summed E-state index contributed by atoms with van der Waals surface area (Å²) in [4.78, 5) is 27.1. The molecule has 13 heteroatoms. The van der Waals surface area contributed by atoms with Crippen LogP contribution in [-0.2, 0) is 80.5 Å². The second kappa shape index (κ2) is 25.5. The number of hydrogen-bond acceptors (Lipinski definition) is 12. The van der Waals surface area contributed by atoms with Crippen molar-refractivity contribution in [3.63, 3.8) is 0 Å². The van der Waals surface area contributed by atoms with Gasteiger partial charge in [-0.3, -0.25) is 4.79 Å². The molecule has 0 aliphatic carbocycles. The number of rotatable bonds is 22. The van der Waals surface area contributed by atoms with Gasteiger partial charge in [-0.05, 0) is 39.9 Å². The molecule has 1 amide bonds. The van der Waals surface area contributed by atoms with Crippen LogP contribution in [0.5, 0.6) is 0 Å². The van der Waals surface area contributed by atoms with Gasteiger partial charge in [-0.2, -0.15) is 0 Å². The summed E-state index contributed by atoms with van der Waals surface area (Å²) in [5.41, 5.74) is 4.76. The van der Waals surface area contributed by atoms with Gasteiger partial charge in [-0.15, -0.1) is 0 Å². The number of hydrogen-bond donors (Lipinski definition) is 2. The minimum Gasteiger partial charge on any atom is -0.450 e. The van der Waals surface area contributed by atoms with Gasteiger partial charge in [-0.25, -0.2) is 4.79 Å². The highest BCUT2D eigenvalue weighted by molar-refractivity contribution is 5.89. The Kier molecular flexibility index (Phi) is 18.2. The Morgan fingerprint density at radius 1 is 0.478 bits per heavy atom. The van der Waals surface area contributed by atoms with Gasteiger partial charge in [0.15, 0.2) is 18.7 Å². The zero-order chi connectivity index (χ0) is 47.6. The predicted octanol–water partition coefficient (Wildman–Crippen LogP) is 7.73. The van der Waals surface area contributed by atoms with Gasteiger partial charge in [0.25, 0.3) is 0 Å². The molecule has 2 aliphatic rings. The van der Waals surface area contributed by atoms with Gasteiger partial charge in [0.2, 0.25) is 5.91 Å². The number of aliphatic hydroxyl groups is 1. The number of carbonyl (C=O) groups excluding carboxylic acids is 2. The van der Waals surface area contributed by atoms with E-state index in [0.717, 1.165) is 27.8 Å². The Hall–Kier alpha value is -6.10. The summed E-state index contributed by atoms with van der Waals surface area (Å²) in [6.07, 6.45) is -10.4. The van der Waals surface area contributed by atoms with Gasteiger partial charge >= 0.3 is 5.97 Å². The van der Waals surface area contributed by atoms with Crippen LogP contribution in [0.2, 0.25) is 0 Å². The van der Waals surface area contributed by atoms with E-state index in [-0.39, 0.29) is 51.8 Å². The molecular weight excluding hydrogens is 879 g/mol. The maximum atomic E-state index is 14.3. The third-order valence-electron chi connectivity index (χ3n) is 11.8. The SMILES string of the molecule is CC(=O)N[C@@H]1[C@@H](OCc2ccccc2)O[C@@H](COCc2ccccc2)[C@H](O[C@@H]2O[C@H](COCc3ccccc3)[C@H](OCc3ccccc3)[C@H](OCc3ccccc3)[C@H]2OC(=O)c2ccccc2)[C@H]1O. The molecule has 13 nitrogen and oxygen atoms in total. The van der Waals surface area contributed by atoms with Crippen molar-refractivity contribution < 1.29 is 57.3 Å². The Morgan fingerprint density at radius 3 is 1.33 bits per heavy atom. The van der Waals surface area contributed by atoms with Crippen molar-refractivity contribution in [1.29, 1.82) is 0 Å². The normalized spacial score (nSPS) is 24.6. The zero-order valence-corrected chi connectivity index (χ0v) is 38.5. The summed E-state index contributed by atoms with van der Waals surface area (Å²) >= 11 is 0. The number of carbonyl (C=O) groups is 2. The van der Waals surface area contributed by atoms with E-state index in [4.69, 9.17) is 42.6 Å². The maximum absolute atomic E-state index is 14.3. The standard InChI is InChI=1S/C56H59NO12/c1-39(58)57-48-49(59)50(46(37-61-32-40-20-8-2-9-21-40)66-55(48)65-36-44-28-16-6-17-29-44)69-56-53(68-54(60)45-30-18-7-19-31-45)52(64-35-43-26-14-5-15-27-43)51(63-34-42-24-12-4-13-25-42)47(67-56)38-62-33-41-22-10-3-11-23-41/h2-31,46-53,55-56,59H,32-38H2,1H3,(H,57,58)/t46-,47+,48-,49-,50-,51-,52-,53+,55-,56-/m0/s1. The van der Waals surface area contributed by atoms with Crippen molar-refractivity contribution in [2.45, 2.75) is 101 Å². The van der Waals surface area contributed by atoms with E-state index >= 15 is 0 Å². The molecule has 2 fully saturated rings. The smallest absolute Gasteiger partial charge is 0.338 e. The Bertz CT molecular complexity index is 2420. The highest BCUT2D eigenvalue weighted by atomic mass is 16.8. The van der Waals surface area contributed by atoms with E-state index in [2.05, 4.69) is 5.32 Å². The molecule has 6 aromatic carbocycles. The van der Waals surface area contributed by atoms with E-state index in [1.807, 2.05) is 152 Å². The molecule has 0 unspecified atom stereocenters. The molecular formula is C56H59NO12. The van der Waals surface area contributed by atoms with E-state index in [9.17, 15) is 14.7 Å². The van der Waals surface area contributed by atoms with Crippen LogP contribution in [0.3, 0.4) is 0 Å². The van der Waals surface area contributed by atoms with E-state index in [1.165, 1.54) is 6.92 Å². The minimum atomic E-state index is -1.47. The quantitative estimate of drug-likeness (QED) is 0.0642. The van der Waals surface area contributed by atoms with Crippen LogP contribution in [0.1, 0.15) is 45.1 Å². The van der Waals surface area contributed by atoms with Crippen molar-refractivity contribution in [2.24, 2.45) is 0 Å². The van der Waals surface area contributed by atoms with Crippen LogP contribution in [0, 0.1) is 0 Å². The fraction of sp³-hybridized carbons (Fsp3) is 0.321. The molecule has 10 atom stereocenters. The van der Waals surface area contributed by atoms with E-state index in [1.54, 1.807) is 30.3 Å². The minimum absolute atomic E-state index is 0.00993. The van der Waals surface area contributed by atoms with Gasteiger partial charge in [0.1, 0.15) is 42.7 Å². The molecule has 0 aromatic heterocycles. The zero-order valence-electron chi connectivity index (χ0n) is 38.5. The number of esters is 1. The third kappa shape index (κ3) is 14.2. The summed E-state index contributed by atoms with van der Waals surface area (Å²) < 4.78 is 59.6. The van der Waals surface area contributed by atoms with Crippen LogP contribution in [0.4, 0.5) is 0 Å². The van der Waals surface area contributed by atoms with Gasteiger partial charge in [-0.1, -0.05) is 170 Å². The summed E-state index contributed by atoms with van der Waals surface area (Å²) in [6, 6.07) is 55.7. The average molecular weight is 938 g/mol. The maximum Gasteiger partial charge on any atom is 0.338 e. The van der Waals surface area contributed by atoms with E-state index < -0.39 is 73.2 Å². The van der Waals surface area contributed by atoms with Crippen molar-refractivity contribution in [3.8, 4) is 0 Å². The molecule has 0 bridgehead atoms. The second-order valence-electron chi connectivity index (χ2n) is 17.0. The number of nitrogens with one attached hydrogen (secondary N) is 1. The van der Waals surface area contributed by atoms with Crippen LogP contribution >= 0.6 is 0 Å². The van der Waals surface area contributed by atoms with Crippen molar-refractivity contribution in [2.75, 3.05) is 13.2 Å². The summed E-state index contributed by atoms with van der Waals surface area (Å²) in [5, 5.41) is 15.4. The first kappa shape index (κ1) is 49.3. The van der Waals surface area contributed by atoms with E-state index in [0.29, 0.717) is 0 Å². The number of aliphatic hydroxyl groups excluding tert-OH is 1. The van der Waals surface area contributed by atoms with Crippen molar-refractivity contribution in [3.05, 3.63) is 215 Å².